The van der Waals surface area contributed by atoms with Crippen molar-refractivity contribution in [1.29, 1.82) is 0 Å². The van der Waals surface area contributed by atoms with Crippen molar-refractivity contribution >= 4 is 5.91 Å². The van der Waals surface area contributed by atoms with Crippen LogP contribution in [0.5, 0.6) is 11.5 Å². The topological polar surface area (TPSA) is 76.8 Å². The van der Waals surface area contributed by atoms with Gasteiger partial charge in [-0.05, 0) is 48.9 Å². The van der Waals surface area contributed by atoms with E-state index in [1.54, 1.807) is 14.2 Å². The van der Waals surface area contributed by atoms with Crippen molar-refractivity contribution < 1.29 is 14.3 Å². The zero-order valence-corrected chi connectivity index (χ0v) is 15.2. The quantitative estimate of drug-likeness (QED) is 0.811. The summed E-state index contributed by atoms with van der Waals surface area (Å²) in [4.78, 5) is 14.5. The minimum Gasteiger partial charge on any atom is -0.493 e. The minimum absolute atomic E-state index is 0.105. The number of nitrogens with two attached hydrogens (primary N) is 1. The Morgan fingerprint density at radius 3 is 2.60 bits per heavy atom. The summed E-state index contributed by atoms with van der Waals surface area (Å²) in [5.74, 6) is 1.83. The third kappa shape index (κ3) is 4.25. The van der Waals surface area contributed by atoms with Gasteiger partial charge in [0.1, 0.15) is 0 Å². The summed E-state index contributed by atoms with van der Waals surface area (Å²) in [6.45, 7) is 3.41. The van der Waals surface area contributed by atoms with Gasteiger partial charge in [0.15, 0.2) is 11.5 Å². The summed E-state index contributed by atoms with van der Waals surface area (Å²) >= 11 is 0. The van der Waals surface area contributed by atoms with Crippen molar-refractivity contribution in [1.82, 2.24) is 10.2 Å². The Morgan fingerprint density at radius 2 is 1.96 bits per heavy atom. The minimum atomic E-state index is 0.105. The van der Waals surface area contributed by atoms with Crippen LogP contribution in [0, 0.1) is 5.92 Å². The van der Waals surface area contributed by atoms with Crippen LogP contribution in [0.15, 0.2) is 12.1 Å². The summed E-state index contributed by atoms with van der Waals surface area (Å²) in [6.07, 6.45) is 3.70. The number of fused-ring (bicyclic) bond motifs is 1. The van der Waals surface area contributed by atoms with E-state index in [1.165, 1.54) is 11.1 Å². The zero-order chi connectivity index (χ0) is 17.8. The molecule has 0 spiro atoms. The van der Waals surface area contributed by atoms with Crippen molar-refractivity contribution in [2.75, 3.05) is 33.9 Å². The monoisotopic (exact) mass is 347 g/mol. The first kappa shape index (κ1) is 18.0. The van der Waals surface area contributed by atoms with Crippen molar-refractivity contribution in [2.24, 2.45) is 11.7 Å². The highest BCUT2D eigenvalue weighted by Crippen LogP contribution is 2.33. The molecule has 1 amide bonds. The number of ether oxygens (including phenoxy) is 2. The summed E-state index contributed by atoms with van der Waals surface area (Å²) in [5, 5.41) is 3.08. The first-order chi connectivity index (χ1) is 12.1. The Balaban J connectivity index is 1.50. The molecule has 1 saturated carbocycles. The fraction of sp³-hybridized carbons (Fsp3) is 0.632. The number of methoxy groups -OCH3 is 2. The molecule has 25 heavy (non-hydrogen) atoms. The Bertz CT molecular complexity index is 620. The number of hydrogen-bond acceptors (Lipinski definition) is 5. The maximum Gasteiger partial charge on any atom is 0.223 e. The average Bonchev–Trinajstić information content (AvgIpc) is 3.06. The van der Waals surface area contributed by atoms with E-state index >= 15 is 0 Å². The van der Waals surface area contributed by atoms with E-state index in [2.05, 4.69) is 22.3 Å². The van der Waals surface area contributed by atoms with Crippen LogP contribution < -0.4 is 20.5 Å². The molecule has 138 valence electrons. The molecule has 0 aromatic heterocycles. The molecule has 0 bridgehead atoms. The highest BCUT2D eigenvalue weighted by atomic mass is 16.5. The standard InChI is InChI=1S/C19H29N3O3/c1-24-17-10-13-5-7-22(12-15(13)11-18(17)25-2)8-6-21-19(23)14-3-4-16(20)9-14/h10-11,14,16H,3-9,12,20H2,1-2H3,(H,21,23)/t14-,16-/m0/s1. The van der Waals surface area contributed by atoms with Gasteiger partial charge < -0.3 is 20.5 Å². The predicted molar refractivity (Wildman–Crippen MR) is 96.9 cm³/mol. The second-order valence-electron chi connectivity index (χ2n) is 7.06. The van der Waals surface area contributed by atoms with Gasteiger partial charge >= 0.3 is 0 Å². The Kier molecular flexibility index (Phi) is 5.81. The van der Waals surface area contributed by atoms with Crippen LogP contribution in [0.3, 0.4) is 0 Å². The number of amides is 1. The maximum absolute atomic E-state index is 12.2. The fourth-order valence-corrected chi connectivity index (χ4v) is 3.87. The van der Waals surface area contributed by atoms with Crippen molar-refractivity contribution in [3.63, 3.8) is 0 Å². The molecule has 0 radical (unpaired) electrons. The van der Waals surface area contributed by atoms with Gasteiger partial charge in [0.05, 0.1) is 14.2 Å². The van der Waals surface area contributed by atoms with Gasteiger partial charge in [0, 0.05) is 38.1 Å². The molecule has 1 aromatic rings. The summed E-state index contributed by atoms with van der Waals surface area (Å²) < 4.78 is 10.8. The van der Waals surface area contributed by atoms with Crippen molar-refractivity contribution in [2.45, 2.75) is 38.3 Å². The van der Waals surface area contributed by atoms with Crippen LogP contribution in [0.1, 0.15) is 30.4 Å². The van der Waals surface area contributed by atoms with Crippen molar-refractivity contribution in [3.05, 3.63) is 23.3 Å². The van der Waals surface area contributed by atoms with Gasteiger partial charge in [-0.1, -0.05) is 0 Å². The SMILES string of the molecule is COc1cc2c(cc1OC)CN(CCNC(=O)[C@H]1CC[C@H](N)C1)CC2. The van der Waals surface area contributed by atoms with E-state index < -0.39 is 0 Å². The van der Waals surface area contributed by atoms with E-state index in [-0.39, 0.29) is 17.9 Å². The van der Waals surface area contributed by atoms with E-state index in [9.17, 15) is 4.79 Å². The molecule has 3 N–H and O–H groups in total. The first-order valence-electron chi connectivity index (χ1n) is 9.10. The second-order valence-corrected chi connectivity index (χ2v) is 7.06. The lowest BCUT2D eigenvalue weighted by Gasteiger charge is -2.29. The molecule has 6 nitrogen and oxygen atoms in total. The van der Waals surface area contributed by atoms with Crippen LogP contribution in [-0.4, -0.2) is 50.7 Å². The molecule has 1 aliphatic heterocycles. The smallest absolute Gasteiger partial charge is 0.223 e. The summed E-state index contributed by atoms with van der Waals surface area (Å²) in [7, 11) is 3.33. The molecule has 1 aliphatic carbocycles. The zero-order valence-electron chi connectivity index (χ0n) is 15.2. The molecule has 6 heteroatoms. The van der Waals surface area contributed by atoms with Gasteiger partial charge in [0.25, 0.3) is 0 Å². The van der Waals surface area contributed by atoms with Gasteiger partial charge in [-0.25, -0.2) is 0 Å². The number of nitrogens with one attached hydrogen (secondary N) is 1. The summed E-state index contributed by atoms with van der Waals surface area (Å²) in [6, 6.07) is 4.34. The van der Waals surface area contributed by atoms with Crippen LogP contribution >= 0.6 is 0 Å². The predicted octanol–water partition coefficient (Wildman–Crippen LogP) is 1.31. The van der Waals surface area contributed by atoms with E-state index in [0.717, 1.165) is 56.8 Å². The van der Waals surface area contributed by atoms with E-state index in [4.69, 9.17) is 15.2 Å². The molecule has 2 aliphatic rings. The van der Waals surface area contributed by atoms with Crippen LogP contribution in [0.2, 0.25) is 0 Å². The number of nitrogens with zero attached hydrogens (tertiary/aromatic N) is 1. The normalized spacial score (nSPS) is 23.2. The molecule has 0 saturated heterocycles. The van der Waals surface area contributed by atoms with Gasteiger partial charge in [-0.15, -0.1) is 0 Å². The molecular weight excluding hydrogens is 318 g/mol. The average molecular weight is 347 g/mol. The lowest BCUT2D eigenvalue weighted by Crippen LogP contribution is -2.39. The number of carbonyl (C=O) groups is 1. The molecule has 1 fully saturated rings. The Labute approximate surface area is 149 Å². The fourth-order valence-electron chi connectivity index (χ4n) is 3.87. The summed E-state index contributed by atoms with van der Waals surface area (Å²) in [5.41, 5.74) is 8.48. The first-order valence-corrected chi connectivity index (χ1v) is 9.10. The highest BCUT2D eigenvalue weighted by molar-refractivity contribution is 5.79. The van der Waals surface area contributed by atoms with Gasteiger partial charge in [0.2, 0.25) is 5.91 Å². The molecular formula is C19H29N3O3. The third-order valence-electron chi connectivity index (χ3n) is 5.37. The third-order valence-corrected chi connectivity index (χ3v) is 5.37. The van der Waals surface area contributed by atoms with Gasteiger partial charge in [-0.3, -0.25) is 9.69 Å². The molecule has 3 rings (SSSR count). The van der Waals surface area contributed by atoms with Crippen LogP contribution in [0.25, 0.3) is 0 Å². The van der Waals surface area contributed by atoms with Gasteiger partial charge in [-0.2, -0.15) is 0 Å². The molecule has 1 aromatic carbocycles. The Hall–Kier alpha value is -1.79. The molecule has 2 atom stereocenters. The van der Waals surface area contributed by atoms with E-state index in [1.807, 2.05) is 0 Å². The number of hydrogen-bond donors (Lipinski definition) is 2. The second kappa shape index (κ2) is 8.06. The lowest BCUT2D eigenvalue weighted by atomic mass is 9.99. The number of rotatable bonds is 6. The van der Waals surface area contributed by atoms with Crippen LogP contribution in [-0.2, 0) is 17.8 Å². The molecule has 0 unspecified atom stereocenters. The number of benzene rings is 1. The highest BCUT2D eigenvalue weighted by Gasteiger charge is 2.27. The Morgan fingerprint density at radius 1 is 1.24 bits per heavy atom. The maximum atomic E-state index is 12.2. The van der Waals surface area contributed by atoms with Crippen LogP contribution in [0.4, 0.5) is 0 Å². The largest absolute Gasteiger partial charge is 0.493 e. The van der Waals surface area contributed by atoms with E-state index in [0.29, 0.717) is 6.54 Å². The molecule has 1 heterocycles. The number of carbonyl (C=O) groups excluding carboxylic acids is 1. The lowest BCUT2D eigenvalue weighted by molar-refractivity contribution is -0.124. The van der Waals surface area contributed by atoms with Crippen molar-refractivity contribution in [3.8, 4) is 11.5 Å².